The van der Waals surface area contributed by atoms with Crippen molar-refractivity contribution in [1.82, 2.24) is 4.98 Å². The summed E-state index contributed by atoms with van der Waals surface area (Å²) < 4.78 is 0. The number of hydrogen-bond donors (Lipinski definition) is 0. The summed E-state index contributed by atoms with van der Waals surface area (Å²) in [6, 6.07) is 0. The van der Waals surface area contributed by atoms with Gasteiger partial charge in [-0.15, -0.1) is 34.5 Å². The highest BCUT2D eigenvalue weighted by molar-refractivity contribution is 7.11. The highest BCUT2D eigenvalue weighted by Gasteiger charge is 2.28. The monoisotopic (exact) mass is 265 g/mol. The van der Waals surface area contributed by atoms with Crippen LogP contribution in [0.25, 0.3) is 0 Å². The number of aromatic nitrogens is 1. The zero-order chi connectivity index (χ0) is 11.5. The highest BCUT2D eigenvalue weighted by Crippen LogP contribution is 2.32. The Hall–Kier alpha value is 0.210. The molecule has 1 heterocycles. The smallest absolute Gasteiger partial charge is 0.0937 e. The maximum atomic E-state index is 6.01. The summed E-state index contributed by atoms with van der Waals surface area (Å²) in [5, 5.41) is 1.16. The van der Waals surface area contributed by atoms with Gasteiger partial charge in [0.2, 0.25) is 0 Å². The number of aryl methyl sites for hydroxylation is 2. The van der Waals surface area contributed by atoms with E-state index >= 15 is 0 Å². The van der Waals surface area contributed by atoms with Crippen molar-refractivity contribution in [3.63, 3.8) is 0 Å². The third kappa shape index (κ3) is 3.08. The molecule has 0 aliphatic carbocycles. The number of thiazole rings is 1. The Morgan fingerprint density at radius 3 is 2.20 bits per heavy atom. The van der Waals surface area contributed by atoms with Gasteiger partial charge in [-0.2, -0.15) is 0 Å². The summed E-state index contributed by atoms with van der Waals surface area (Å²) in [4.78, 5) is 5.83. The van der Waals surface area contributed by atoms with Crippen LogP contribution in [0.15, 0.2) is 0 Å². The Balaban J connectivity index is 2.82. The van der Waals surface area contributed by atoms with Crippen LogP contribution in [-0.4, -0.2) is 16.7 Å². The van der Waals surface area contributed by atoms with Crippen LogP contribution in [0.3, 0.4) is 0 Å². The van der Waals surface area contributed by atoms with E-state index in [2.05, 4.69) is 18.8 Å². The van der Waals surface area contributed by atoms with Gasteiger partial charge in [0.15, 0.2) is 0 Å². The zero-order valence-corrected chi connectivity index (χ0v) is 11.8. The molecule has 4 heteroatoms. The van der Waals surface area contributed by atoms with Gasteiger partial charge < -0.3 is 0 Å². The summed E-state index contributed by atoms with van der Waals surface area (Å²) in [7, 11) is 0. The van der Waals surface area contributed by atoms with Gasteiger partial charge in [-0.1, -0.05) is 6.92 Å². The van der Waals surface area contributed by atoms with Gasteiger partial charge in [0.1, 0.15) is 0 Å². The van der Waals surface area contributed by atoms with Crippen LogP contribution in [0.1, 0.15) is 28.9 Å². The van der Waals surface area contributed by atoms with E-state index in [9.17, 15) is 0 Å². The normalized spacial score (nSPS) is 12.1. The van der Waals surface area contributed by atoms with E-state index in [0.717, 1.165) is 23.5 Å². The molecule has 0 unspecified atom stereocenters. The van der Waals surface area contributed by atoms with Gasteiger partial charge in [0.05, 0.1) is 10.7 Å². The molecule has 0 fully saturated rings. The third-order valence-electron chi connectivity index (χ3n) is 2.92. The highest BCUT2D eigenvalue weighted by atomic mass is 35.5. The minimum atomic E-state index is 0.0137. The molecule has 0 aliphatic rings. The summed E-state index contributed by atoms with van der Waals surface area (Å²) in [6.45, 7) is 6.29. The van der Waals surface area contributed by atoms with Crippen molar-refractivity contribution in [2.75, 3.05) is 11.8 Å². The second kappa shape index (κ2) is 5.51. The molecule has 0 radical (unpaired) electrons. The lowest BCUT2D eigenvalue weighted by molar-refractivity contribution is 0.361. The standard InChI is InChI=1S/C11H17Cl2NS/c1-4-11(6-12,7-13)5-10-14-8(2)9(3)15-10/h4-7H2,1-3H3. The van der Waals surface area contributed by atoms with E-state index < -0.39 is 0 Å². The maximum Gasteiger partial charge on any atom is 0.0937 e. The second-order valence-electron chi connectivity index (χ2n) is 4.05. The topological polar surface area (TPSA) is 12.9 Å². The molecule has 0 atom stereocenters. The minimum absolute atomic E-state index is 0.0137. The van der Waals surface area contributed by atoms with E-state index in [-0.39, 0.29) is 5.41 Å². The molecule has 0 aliphatic heterocycles. The molecule has 1 rings (SSSR count). The van der Waals surface area contributed by atoms with Crippen molar-refractivity contribution in [3.8, 4) is 0 Å². The predicted molar refractivity (Wildman–Crippen MR) is 69.5 cm³/mol. The maximum absolute atomic E-state index is 6.01. The number of hydrogen-bond acceptors (Lipinski definition) is 2. The fourth-order valence-corrected chi connectivity index (χ4v) is 3.34. The minimum Gasteiger partial charge on any atom is -0.246 e. The van der Waals surface area contributed by atoms with Crippen molar-refractivity contribution in [3.05, 3.63) is 15.6 Å². The lowest BCUT2D eigenvalue weighted by Crippen LogP contribution is -2.27. The number of alkyl halides is 2. The van der Waals surface area contributed by atoms with Crippen LogP contribution < -0.4 is 0 Å². The summed E-state index contributed by atoms with van der Waals surface area (Å²) >= 11 is 13.8. The molecule has 0 spiro atoms. The molecule has 0 bridgehead atoms. The molecule has 1 nitrogen and oxygen atoms in total. The van der Waals surface area contributed by atoms with Crippen molar-refractivity contribution in [2.24, 2.45) is 5.41 Å². The van der Waals surface area contributed by atoms with Crippen LogP contribution in [-0.2, 0) is 6.42 Å². The van der Waals surface area contributed by atoms with Crippen molar-refractivity contribution in [1.29, 1.82) is 0 Å². The number of nitrogens with zero attached hydrogens (tertiary/aromatic N) is 1. The molecular weight excluding hydrogens is 249 g/mol. The van der Waals surface area contributed by atoms with Crippen molar-refractivity contribution >= 4 is 34.5 Å². The molecule has 0 saturated heterocycles. The Morgan fingerprint density at radius 1 is 1.27 bits per heavy atom. The second-order valence-corrected chi connectivity index (χ2v) is 5.87. The fourth-order valence-electron chi connectivity index (χ4n) is 1.38. The Morgan fingerprint density at radius 2 is 1.87 bits per heavy atom. The van der Waals surface area contributed by atoms with Gasteiger partial charge in [-0.25, -0.2) is 4.98 Å². The van der Waals surface area contributed by atoms with Crippen LogP contribution in [0.4, 0.5) is 0 Å². The first-order valence-electron chi connectivity index (χ1n) is 5.11. The van der Waals surface area contributed by atoms with Gasteiger partial charge >= 0.3 is 0 Å². The van der Waals surface area contributed by atoms with E-state index in [1.54, 1.807) is 11.3 Å². The Bertz CT molecular complexity index is 291. The average molecular weight is 266 g/mol. The first kappa shape index (κ1) is 13.3. The van der Waals surface area contributed by atoms with E-state index in [1.807, 2.05) is 6.92 Å². The Kier molecular flexibility index (Phi) is 4.88. The fraction of sp³-hybridized carbons (Fsp3) is 0.727. The molecular formula is C11H17Cl2NS. The average Bonchev–Trinajstić information content (AvgIpc) is 2.55. The molecule has 0 N–H and O–H groups in total. The summed E-state index contributed by atoms with van der Waals surface area (Å²) in [6.07, 6.45) is 1.90. The Labute approximate surface area is 106 Å². The van der Waals surface area contributed by atoms with Gasteiger partial charge in [0.25, 0.3) is 0 Å². The lowest BCUT2D eigenvalue weighted by atomic mass is 9.86. The number of rotatable bonds is 5. The first-order valence-corrected chi connectivity index (χ1v) is 7.00. The van der Waals surface area contributed by atoms with Crippen molar-refractivity contribution in [2.45, 2.75) is 33.6 Å². The molecule has 1 aromatic rings. The predicted octanol–water partition coefficient (Wildman–Crippen LogP) is 4.18. The van der Waals surface area contributed by atoms with Crippen LogP contribution in [0, 0.1) is 19.3 Å². The zero-order valence-electron chi connectivity index (χ0n) is 9.44. The van der Waals surface area contributed by atoms with Crippen LogP contribution in [0.5, 0.6) is 0 Å². The first-order chi connectivity index (χ1) is 7.06. The van der Waals surface area contributed by atoms with Crippen LogP contribution >= 0.6 is 34.5 Å². The molecule has 15 heavy (non-hydrogen) atoms. The molecule has 86 valence electrons. The summed E-state index contributed by atoms with van der Waals surface area (Å²) in [5.74, 6) is 1.20. The van der Waals surface area contributed by atoms with Crippen LogP contribution in [0.2, 0.25) is 0 Å². The summed E-state index contributed by atoms with van der Waals surface area (Å²) in [5.41, 5.74) is 1.14. The lowest BCUT2D eigenvalue weighted by Gasteiger charge is -2.26. The molecule has 1 aromatic heterocycles. The molecule has 0 saturated carbocycles. The third-order valence-corrected chi connectivity index (χ3v) is 5.12. The SMILES string of the molecule is CCC(CCl)(CCl)Cc1nc(C)c(C)s1. The molecule has 0 aromatic carbocycles. The van der Waals surface area contributed by atoms with Crippen molar-refractivity contribution < 1.29 is 0 Å². The van der Waals surface area contributed by atoms with Gasteiger partial charge in [0, 0.05) is 28.5 Å². The quantitative estimate of drug-likeness (QED) is 0.729. The number of halogens is 2. The largest absolute Gasteiger partial charge is 0.246 e. The van der Waals surface area contributed by atoms with E-state index in [4.69, 9.17) is 23.2 Å². The van der Waals surface area contributed by atoms with Gasteiger partial charge in [-0.05, 0) is 20.3 Å². The van der Waals surface area contributed by atoms with Gasteiger partial charge in [-0.3, -0.25) is 0 Å². The van der Waals surface area contributed by atoms with E-state index in [0.29, 0.717) is 11.8 Å². The molecule has 0 amide bonds. The van der Waals surface area contributed by atoms with E-state index in [1.165, 1.54) is 4.88 Å².